The summed E-state index contributed by atoms with van der Waals surface area (Å²) in [5.74, 6) is 0.311. The smallest absolute Gasteiger partial charge is 0.307 e. The topological polar surface area (TPSA) is 46.6 Å². The summed E-state index contributed by atoms with van der Waals surface area (Å²) >= 11 is 6.25. The molecule has 1 aromatic carbocycles. The van der Waals surface area contributed by atoms with Crippen LogP contribution in [0.5, 0.6) is 0 Å². The van der Waals surface area contributed by atoms with E-state index in [1.165, 1.54) is 19.3 Å². The van der Waals surface area contributed by atoms with Crippen molar-refractivity contribution in [2.75, 3.05) is 13.2 Å². The molecule has 0 aromatic heterocycles. The molecule has 138 valence electrons. The molecule has 0 aliphatic heterocycles. The minimum atomic E-state index is -0.267. The first-order valence-electron chi connectivity index (χ1n) is 9.27. The fourth-order valence-corrected chi connectivity index (χ4v) is 3.55. The van der Waals surface area contributed by atoms with E-state index in [2.05, 4.69) is 0 Å². The highest BCUT2D eigenvalue weighted by molar-refractivity contribution is 6.31. The largest absolute Gasteiger partial charge is 0.466 e. The molecule has 0 spiro atoms. The van der Waals surface area contributed by atoms with Crippen LogP contribution in [0.2, 0.25) is 5.02 Å². The van der Waals surface area contributed by atoms with Gasteiger partial charge in [-0.15, -0.1) is 0 Å². The molecule has 5 heteroatoms. The van der Waals surface area contributed by atoms with Crippen molar-refractivity contribution in [2.24, 2.45) is 5.92 Å². The van der Waals surface area contributed by atoms with E-state index in [4.69, 9.17) is 16.3 Å². The summed E-state index contributed by atoms with van der Waals surface area (Å²) in [7, 11) is 0. The van der Waals surface area contributed by atoms with Gasteiger partial charge < -0.3 is 9.64 Å². The van der Waals surface area contributed by atoms with Gasteiger partial charge in [0.1, 0.15) is 0 Å². The highest BCUT2D eigenvalue weighted by atomic mass is 35.5. The third-order valence-corrected chi connectivity index (χ3v) is 5.12. The van der Waals surface area contributed by atoms with Crippen molar-refractivity contribution in [1.29, 1.82) is 0 Å². The van der Waals surface area contributed by atoms with Gasteiger partial charge in [-0.1, -0.05) is 49.1 Å². The maximum atomic E-state index is 12.8. The van der Waals surface area contributed by atoms with E-state index in [9.17, 15) is 9.59 Å². The molecule has 25 heavy (non-hydrogen) atoms. The quantitative estimate of drug-likeness (QED) is 0.633. The molecule has 0 atom stereocenters. The number of amides is 1. The molecule has 1 aliphatic carbocycles. The third-order valence-electron chi connectivity index (χ3n) is 4.75. The van der Waals surface area contributed by atoms with Gasteiger partial charge in [0.05, 0.1) is 13.0 Å². The first-order chi connectivity index (χ1) is 12.1. The van der Waals surface area contributed by atoms with Crippen molar-refractivity contribution < 1.29 is 14.3 Å². The van der Waals surface area contributed by atoms with Crippen molar-refractivity contribution in [3.8, 4) is 0 Å². The van der Waals surface area contributed by atoms with Gasteiger partial charge in [0.15, 0.2) is 0 Å². The molecule has 0 unspecified atom stereocenters. The van der Waals surface area contributed by atoms with Crippen molar-refractivity contribution >= 4 is 23.5 Å². The Labute approximate surface area is 155 Å². The number of benzene rings is 1. The van der Waals surface area contributed by atoms with Gasteiger partial charge in [-0.2, -0.15) is 0 Å². The first kappa shape index (κ1) is 19.8. The van der Waals surface area contributed by atoms with Gasteiger partial charge in [-0.25, -0.2) is 0 Å². The van der Waals surface area contributed by atoms with Crippen LogP contribution < -0.4 is 0 Å². The van der Waals surface area contributed by atoms with Crippen LogP contribution in [-0.2, 0) is 20.9 Å². The molecular weight excluding hydrogens is 338 g/mol. The molecule has 1 aliphatic rings. The fourth-order valence-electron chi connectivity index (χ4n) is 3.35. The Bertz CT molecular complexity index is 570. The average molecular weight is 366 g/mol. The number of carbonyl (C=O) groups excluding carboxylic acids is 2. The third kappa shape index (κ3) is 6.69. The van der Waals surface area contributed by atoms with Crippen molar-refractivity contribution in [3.05, 3.63) is 34.9 Å². The van der Waals surface area contributed by atoms with E-state index in [0.717, 1.165) is 18.4 Å². The lowest BCUT2D eigenvalue weighted by atomic mass is 9.86. The molecule has 1 saturated carbocycles. The number of hydrogen-bond acceptors (Lipinski definition) is 3. The highest BCUT2D eigenvalue weighted by Crippen LogP contribution is 2.27. The maximum Gasteiger partial charge on any atom is 0.307 e. The van der Waals surface area contributed by atoms with E-state index < -0.39 is 0 Å². The predicted octanol–water partition coefficient (Wildman–Crippen LogP) is 4.59. The molecule has 4 nitrogen and oxygen atoms in total. The van der Waals surface area contributed by atoms with Gasteiger partial charge >= 0.3 is 5.97 Å². The van der Waals surface area contributed by atoms with Crippen LogP contribution in [0.1, 0.15) is 57.4 Å². The van der Waals surface area contributed by atoms with E-state index in [-0.39, 0.29) is 18.3 Å². The zero-order valence-corrected chi connectivity index (χ0v) is 15.8. The fraction of sp³-hybridized carbons (Fsp3) is 0.600. The summed E-state index contributed by atoms with van der Waals surface area (Å²) in [6, 6.07) is 7.54. The van der Waals surface area contributed by atoms with Crippen molar-refractivity contribution in [3.63, 3.8) is 0 Å². The van der Waals surface area contributed by atoms with E-state index in [1.54, 1.807) is 11.8 Å². The Morgan fingerprint density at radius 2 is 1.92 bits per heavy atom. The molecule has 0 N–H and O–H groups in total. The number of carbonyl (C=O) groups is 2. The van der Waals surface area contributed by atoms with Gasteiger partial charge in [-0.05, 0) is 37.3 Å². The summed E-state index contributed by atoms with van der Waals surface area (Å²) in [6.45, 7) is 2.95. The van der Waals surface area contributed by atoms with Crippen LogP contribution in [-0.4, -0.2) is 29.9 Å². The summed E-state index contributed by atoms with van der Waals surface area (Å²) in [4.78, 5) is 26.3. The van der Waals surface area contributed by atoms with Crippen LogP contribution in [0.15, 0.2) is 24.3 Å². The predicted molar refractivity (Wildman–Crippen MR) is 99.3 cm³/mol. The average Bonchev–Trinajstić information content (AvgIpc) is 2.61. The second kappa shape index (κ2) is 10.4. The molecule has 0 radical (unpaired) electrons. The van der Waals surface area contributed by atoms with Crippen LogP contribution >= 0.6 is 11.6 Å². The molecule has 0 saturated heterocycles. The maximum absolute atomic E-state index is 12.8. The number of halogens is 1. The van der Waals surface area contributed by atoms with Crippen molar-refractivity contribution in [1.82, 2.24) is 4.90 Å². The number of esters is 1. The number of ether oxygens (including phenoxy) is 1. The lowest BCUT2D eigenvalue weighted by Crippen LogP contribution is -2.34. The Morgan fingerprint density at radius 1 is 1.20 bits per heavy atom. The normalized spacial score (nSPS) is 15.0. The number of nitrogens with zero attached hydrogens (tertiary/aromatic N) is 1. The summed E-state index contributed by atoms with van der Waals surface area (Å²) < 4.78 is 4.99. The first-order valence-corrected chi connectivity index (χ1v) is 9.64. The number of rotatable bonds is 8. The minimum absolute atomic E-state index is 0.108. The molecule has 1 aromatic rings. The number of hydrogen-bond donors (Lipinski definition) is 0. The molecule has 0 bridgehead atoms. The van der Waals surface area contributed by atoms with Gasteiger partial charge in [0.2, 0.25) is 5.91 Å². The second-order valence-corrected chi connectivity index (χ2v) is 7.08. The Hall–Kier alpha value is -1.55. The zero-order valence-electron chi connectivity index (χ0n) is 15.0. The van der Waals surface area contributed by atoms with Crippen LogP contribution in [0.3, 0.4) is 0 Å². The minimum Gasteiger partial charge on any atom is -0.466 e. The van der Waals surface area contributed by atoms with E-state index in [1.807, 2.05) is 24.3 Å². The van der Waals surface area contributed by atoms with Crippen LogP contribution in [0, 0.1) is 5.92 Å². The van der Waals surface area contributed by atoms with E-state index >= 15 is 0 Å². The Morgan fingerprint density at radius 3 is 2.60 bits per heavy atom. The van der Waals surface area contributed by atoms with Crippen molar-refractivity contribution in [2.45, 2.75) is 58.4 Å². The Kier molecular flexibility index (Phi) is 8.26. The lowest BCUT2D eigenvalue weighted by Gasteiger charge is -2.27. The molecular formula is C20H28ClNO3. The standard InChI is InChI=1S/C20H28ClNO3/c1-2-25-20(24)12-13-22(15-17-10-6-7-11-18(17)21)19(23)14-16-8-4-3-5-9-16/h6-7,10-11,16H,2-5,8-9,12-15H2,1H3. The molecule has 1 amide bonds. The summed E-state index contributed by atoms with van der Waals surface area (Å²) in [6.07, 6.45) is 6.74. The van der Waals surface area contributed by atoms with Gasteiger partial charge in [-0.3, -0.25) is 9.59 Å². The second-order valence-electron chi connectivity index (χ2n) is 6.67. The SMILES string of the molecule is CCOC(=O)CCN(Cc1ccccc1Cl)C(=O)CC1CCCCC1. The molecule has 1 fully saturated rings. The summed E-state index contributed by atoms with van der Waals surface area (Å²) in [5.41, 5.74) is 0.907. The van der Waals surface area contributed by atoms with Crippen LogP contribution in [0.4, 0.5) is 0 Å². The highest BCUT2D eigenvalue weighted by Gasteiger charge is 2.22. The summed E-state index contributed by atoms with van der Waals surface area (Å²) in [5, 5.41) is 0.647. The van der Waals surface area contributed by atoms with Crippen LogP contribution in [0.25, 0.3) is 0 Å². The molecule has 0 heterocycles. The molecule has 2 rings (SSSR count). The Balaban J connectivity index is 2.00. The van der Waals surface area contributed by atoms with E-state index in [0.29, 0.717) is 37.1 Å². The van der Waals surface area contributed by atoms with Gasteiger partial charge in [0, 0.05) is 24.5 Å². The van der Waals surface area contributed by atoms with Gasteiger partial charge in [0.25, 0.3) is 0 Å². The monoisotopic (exact) mass is 365 g/mol. The zero-order chi connectivity index (χ0) is 18.1. The lowest BCUT2D eigenvalue weighted by molar-refractivity contribution is -0.144.